The summed E-state index contributed by atoms with van der Waals surface area (Å²) >= 11 is 0. The molecule has 1 saturated heterocycles. The van der Waals surface area contributed by atoms with Gasteiger partial charge in [0.2, 0.25) is 5.71 Å². The number of ether oxygens (including phenoxy) is 1. The summed E-state index contributed by atoms with van der Waals surface area (Å²) in [5.41, 5.74) is 2.27. The predicted octanol–water partition coefficient (Wildman–Crippen LogP) is 4.17. The average molecular weight is 379 g/mol. The van der Waals surface area contributed by atoms with Crippen molar-refractivity contribution in [3.8, 4) is 0 Å². The Bertz CT molecular complexity index is 960. The number of nitrogens with zero attached hydrogens (tertiary/aromatic N) is 3. The normalized spacial score (nSPS) is 15.1. The SMILES string of the molecule is CCOC(=O)c1c(C)oc2ncnc(N3CCC(Cc4ccccc4)CC3)c12. The molecule has 4 rings (SSSR count). The van der Waals surface area contributed by atoms with Gasteiger partial charge < -0.3 is 14.1 Å². The van der Waals surface area contributed by atoms with E-state index in [2.05, 4.69) is 45.2 Å². The highest BCUT2D eigenvalue weighted by molar-refractivity contribution is 6.07. The van der Waals surface area contributed by atoms with Gasteiger partial charge in [0.1, 0.15) is 23.5 Å². The Labute approximate surface area is 164 Å². The third-order valence-corrected chi connectivity index (χ3v) is 5.41. The summed E-state index contributed by atoms with van der Waals surface area (Å²) in [6.07, 6.45) is 4.79. The van der Waals surface area contributed by atoms with Gasteiger partial charge in [-0.25, -0.2) is 14.8 Å². The van der Waals surface area contributed by atoms with E-state index in [4.69, 9.17) is 9.15 Å². The number of fused-ring (bicyclic) bond motifs is 1. The van der Waals surface area contributed by atoms with Gasteiger partial charge in [-0.2, -0.15) is 0 Å². The molecule has 0 N–H and O–H groups in total. The lowest BCUT2D eigenvalue weighted by molar-refractivity contribution is 0.0526. The minimum atomic E-state index is -0.381. The number of benzene rings is 1. The van der Waals surface area contributed by atoms with Crippen LogP contribution in [0.1, 0.15) is 41.4 Å². The fourth-order valence-corrected chi connectivity index (χ4v) is 4.01. The molecule has 0 radical (unpaired) electrons. The summed E-state index contributed by atoms with van der Waals surface area (Å²) < 4.78 is 10.9. The molecule has 0 aliphatic carbocycles. The summed E-state index contributed by atoms with van der Waals surface area (Å²) in [5.74, 6) is 1.57. The molecule has 1 aliphatic heterocycles. The lowest BCUT2D eigenvalue weighted by Crippen LogP contribution is -2.35. The highest BCUT2D eigenvalue weighted by Crippen LogP contribution is 2.34. The first-order valence-corrected chi connectivity index (χ1v) is 9.87. The van der Waals surface area contributed by atoms with Gasteiger partial charge >= 0.3 is 5.97 Å². The second kappa shape index (κ2) is 8.00. The molecule has 0 bridgehead atoms. The minimum absolute atomic E-state index is 0.318. The summed E-state index contributed by atoms with van der Waals surface area (Å²) in [4.78, 5) is 23.4. The molecule has 0 saturated carbocycles. The van der Waals surface area contributed by atoms with Gasteiger partial charge in [-0.05, 0) is 44.6 Å². The zero-order chi connectivity index (χ0) is 19.5. The third kappa shape index (κ3) is 3.59. The van der Waals surface area contributed by atoms with E-state index in [0.29, 0.717) is 34.9 Å². The Hall–Kier alpha value is -2.89. The Kier molecular flexibility index (Phi) is 5.28. The van der Waals surface area contributed by atoms with Crippen molar-refractivity contribution >= 4 is 22.9 Å². The maximum Gasteiger partial charge on any atom is 0.342 e. The molecule has 3 aromatic rings. The van der Waals surface area contributed by atoms with Gasteiger partial charge in [0.25, 0.3) is 0 Å². The molecule has 6 nitrogen and oxygen atoms in total. The van der Waals surface area contributed by atoms with E-state index in [1.807, 2.05) is 0 Å². The van der Waals surface area contributed by atoms with E-state index < -0.39 is 0 Å². The first-order chi connectivity index (χ1) is 13.7. The molecule has 28 heavy (non-hydrogen) atoms. The molecule has 2 aromatic heterocycles. The minimum Gasteiger partial charge on any atom is -0.462 e. The van der Waals surface area contributed by atoms with Crippen molar-refractivity contribution in [2.75, 3.05) is 24.6 Å². The van der Waals surface area contributed by atoms with Crippen LogP contribution in [0.15, 0.2) is 41.1 Å². The second-order valence-electron chi connectivity index (χ2n) is 7.25. The number of aryl methyl sites for hydroxylation is 1. The molecule has 146 valence electrons. The zero-order valence-electron chi connectivity index (χ0n) is 16.4. The van der Waals surface area contributed by atoms with Gasteiger partial charge in [0.15, 0.2) is 0 Å². The molecular formula is C22H25N3O3. The highest BCUT2D eigenvalue weighted by Gasteiger charge is 2.28. The molecular weight excluding hydrogens is 354 g/mol. The largest absolute Gasteiger partial charge is 0.462 e. The van der Waals surface area contributed by atoms with E-state index in [-0.39, 0.29) is 5.97 Å². The number of carbonyl (C=O) groups is 1. The standard InChI is InChI=1S/C22H25N3O3/c1-3-27-22(26)18-15(2)28-21-19(18)20(23-14-24-21)25-11-9-17(10-12-25)13-16-7-5-4-6-8-16/h4-8,14,17H,3,9-13H2,1-2H3. The van der Waals surface area contributed by atoms with Crippen molar-refractivity contribution in [2.24, 2.45) is 5.92 Å². The molecule has 0 spiro atoms. The van der Waals surface area contributed by atoms with Crippen molar-refractivity contribution in [1.82, 2.24) is 9.97 Å². The van der Waals surface area contributed by atoms with Crippen LogP contribution in [0.2, 0.25) is 0 Å². The molecule has 0 atom stereocenters. The van der Waals surface area contributed by atoms with Crippen molar-refractivity contribution < 1.29 is 13.9 Å². The van der Waals surface area contributed by atoms with Gasteiger partial charge in [-0.15, -0.1) is 0 Å². The van der Waals surface area contributed by atoms with Crippen LogP contribution in [0.5, 0.6) is 0 Å². The Balaban J connectivity index is 1.56. The molecule has 6 heteroatoms. The lowest BCUT2D eigenvalue weighted by atomic mass is 9.90. The predicted molar refractivity (Wildman–Crippen MR) is 108 cm³/mol. The molecule has 3 heterocycles. The number of furan rings is 1. The molecule has 0 unspecified atom stereocenters. The van der Waals surface area contributed by atoms with E-state index in [9.17, 15) is 4.79 Å². The van der Waals surface area contributed by atoms with Crippen LogP contribution < -0.4 is 4.90 Å². The van der Waals surface area contributed by atoms with Crippen LogP contribution >= 0.6 is 0 Å². The van der Waals surface area contributed by atoms with Crippen molar-refractivity contribution in [3.05, 3.63) is 53.5 Å². The van der Waals surface area contributed by atoms with Crippen molar-refractivity contribution in [1.29, 1.82) is 0 Å². The van der Waals surface area contributed by atoms with Crippen molar-refractivity contribution in [2.45, 2.75) is 33.1 Å². The van der Waals surface area contributed by atoms with E-state index in [1.165, 1.54) is 11.9 Å². The first-order valence-electron chi connectivity index (χ1n) is 9.87. The maximum atomic E-state index is 12.5. The average Bonchev–Trinajstić information content (AvgIpc) is 3.05. The van der Waals surface area contributed by atoms with Gasteiger partial charge in [-0.3, -0.25) is 0 Å². The molecule has 0 amide bonds. The fraction of sp³-hybridized carbons (Fsp3) is 0.409. The van der Waals surface area contributed by atoms with Crippen LogP contribution in [0, 0.1) is 12.8 Å². The van der Waals surface area contributed by atoms with Crippen LogP contribution in [0.4, 0.5) is 5.82 Å². The summed E-state index contributed by atoms with van der Waals surface area (Å²) in [6.45, 7) is 5.68. The molecule has 1 fully saturated rings. The number of rotatable bonds is 5. The Morgan fingerprint density at radius 1 is 1.21 bits per heavy atom. The number of aromatic nitrogens is 2. The van der Waals surface area contributed by atoms with E-state index in [1.54, 1.807) is 13.8 Å². The summed E-state index contributed by atoms with van der Waals surface area (Å²) in [7, 11) is 0. The van der Waals surface area contributed by atoms with Gasteiger partial charge in [0, 0.05) is 13.1 Å². The van der Waals surface area contributed by atoms with Crippen LogP contribution in [0.25, 0.3) is 11.1 Å². The van der Waals surface area contributed by atoms with Gasteiger partial charge in [-0.1, -0.05) is 30.3 Å². The number of anilines is 1. The van der Waals surface area contributed by atoms with Crippen molar-refractivity contribution in [3.63, 3.8) is 0 Å². The smallest absolute Gasteiger partial charge is 0.342 e. The summed E-state index contributed by atoms with van der Waals surface area (Å²) in [6, 6.07) is 10.6. The molecule has 1 aliphatic rings. The monoisotopic (exact) mass is 379 g/mol. The Morgan fingerprint density at radius 3 is 2.68 bits per heavy atom. The zero-order valence-corrected chi connectivity index (χ0v) is 16.4. The van der Waals surface area contributed by atoms with Crippen LogP contribution in [-0.4, -0.2) is 35.6 Å². The quantitative estimate of drug-likeness (QED) is 0.620. The first kappa shape index (κ1) is 18.5. The third-order valence-electron chi connectivity index (χ3n) is 5.41. The topological polar surface area (TPSA) is 68.5 Å². The fourth-order valence-electron chi connectivity index (χ4n) is 4.01. The lowest BCUT2D eigenvalue weighted by Gasteiger charge is -2.33. The Morgan fingerprint density at radius 2 is 1.96 bits per heavy atom. The highest BCUT2D eigenvalue weighted by atomic mass is 16.5. The van der Waals surface area contributed by atoms with Crippen LogP contribution in [0.3, 0.4) is 0 Å². The number of carbonyl (C=O) groups excluding carboxylic acids is 1. The number of esters is 1. The van der Waals surface area contributed by atoms with E-state index in [0.717, 1.165) is 38.2 Å². The number of hydrogen-bond donors (Lipinski definition) is 0. The molecule has 1 aromatic carbocycles. The van der Waals surface area contributed by atoms with Gasteiger partial charge in [0.05, 0.1) is 12.0 Å². The van der Waals surface area contributed by atoms with E-state index >= 15 is 0 Å². The number of piperidine rings is 1. The second-order valence-corrected chi connectivity index (χ2v) is 7.25. The number of hydrogen-bond acceptors (Lipinski definition) is 6. The summed E-state index contributed by atoms with van der Waals surface area (Å²) in [5, 5.41) is 0.667. The van der Waals surface area contributed by atoms with Crippen LogP contribution in [-0.2, 0) is 11.2 Å². The maximum absolute atomic E-state index is 12.5.